The van der Waals surface area contributed by atoms with Crippen molar-refractivity contribution in [3.8, 4) is 0 Å². The Morgan fingerprint density at radius 3 is 2.55 bits per heavy atom. The Kier molecular flexibility index (Phi) is 6.49. The third-order valence-electron chi connectivity index (χ3n) is 3.06. The molecule has 0 aliphatic carbocycles. The predicted octanol–water partition coefficient (Wildman–Crippen LogP) is 4.19. The predicted molar refractivity (Wildman–Crippen MR) is 71.3 cm³/mol. The van der Waals surface area contributed by atoms with Gasteiger partial charge in [-0.1, -0.05) is 32.4 Å². The van der Waals surface area contributed by atoms with Gasteiger partial charge < -0.3 is 9.84 Å². The lowest BCUT2D eigenvalue weighted by molar-refractivity contribution is -0.137. The van der Waals surface area contributed by atoms with Crippen LogP contribution in [-0.4, -0.2) is 18.3 Å². The van der Waals surface area contributed by atoms with Gasteiger partial charge in [0.05, 0.1) is 12.2 Å². The van der Waals surface area contributed by atoms with Crippen molar-refractivity contribution in [1.29, 1.82) is 0 Å². The van der Waals surface area contributed by atoms with E-state index in [1.165, 1.54) is 12.1 Å². The molecule has 2 atom stereocenters. The van der Waals surface area contributed by atoms with Crippen LogP contribution in [0.25, 0.3) is 0 Å². The Morgan fingerprint density at radius 1 is 1.25 bits per heavy atom. The number of rotatable bonds is 7. The third-order valence-corrected chi connectivity index (χ3v) is 3.06. The highest BCUT2D eigenvalue weighted by molar-refractivity contribution is 5.27. The zero-order chi connectivity index (χ0) is 15.2. The molecule has 5 heteroatoms. The minimum absolute atomic E-state index is 0.00929. The largest absolute Gasteiger partial charge is 0.416 e. The maximum atomic E-state index is 12.6. The maximum Gasteiger partial charge on any atom is 0.416 e. The lowest BCUT2D eigenvalue weighted by Crippen LogP contribution is -2.13. The van der Waals surface area contributed by atoms with Gasteiger partial charge in [-0.15, -0.1) is 0 Å². The number of aliphatic hydroxyl groups is 1. The molecule has 2 unspecified atom stereocenters. The fraction of sp³-hybridized carbons (Fsp3) is 0.600. The number of ether oxygens (including phenoxy) is 1. The minimum atomic E-state index is -4.40. The van der Waals surface area contributed by atoms with Crippen LogP contribution >= 0.6 is 0 Å². The van der Waals surface area contributed by atoms with Gasteiger partial charge in [-0.2, -0.15) is 13.2 Å². The second kappa shape index (κ2) is 7.64. The molecule has 2 nitrogen and oxygen atoms in total. The summed E-state index contributed by atoms with van der Waals surface area (Å²) < 4.78 is 43.0. The molecule has 0 aromatic heterocycles. The van der Waals surface area contributed by atoms with E-state index in [1.54, 1.807) is 0 Å². The summed E-state index contributed by atoms with van der Waals surface area (Å²) in [5.74, 6) is 0.383. The third kappa shape index (κ3) is 5.51. The van der Waals surface area contributed by atoms with Crippen LogP contribution in [0.4, 0.5) is 13.2 Å². The van der Waals surface area contributed by atoms with E-state index in [-0.39, 0.29) is 12.2 Å². The second-order valence-corrected chi connectivity index (χ2v) is 5.07. The van der Waals surface area contributed by atoms with Gasteiger partial charge in [0.15, 0.2) is 0 Å². The molecular formula is C15H21F3O2. The van der Waals surface area contributed by atoms with E-state index in [0.717, 1.165) is 25.0 Å². The minimum Gasteiger partial charge on any atom is -0.386 e. The van der Waals surface area contributed by atoms with Crippen LogP contribution in [0.1, 0.15) is 43.9 Å². The Bertz CT molecular complexity index is 404. The summed E-state index contributed by atoms with van der Waals surface area (Å²) in [6.07, 6.45) is -3.35. The van der Waals surface area contributed by atoms with Gasteiger partial charge in [0.2, 0.25) is 0 Å². The molecule has 0 saturated heterocycles. The van der Waals surface area contributed by atoms with E-state index in [9.17, 15) is 18.3 Å². The van der Waals surface area contributed by atoms with Crippen molar-refractivity contribution >= 4 is 0 Å². The summed E-state index contributed by atoms with van der Waals surface area (Å²) in [6, 6.07) is 4.71. The van der Waals surface area contributed by atoms with E-state index in [4.69, 9.17) is 4.74 Å². The van der Waals surface area contributed by atoms with Crippen LogP contribution in [0.3, 0.4) is 0 Å². The van der Waals surface area contributed by atoms with Crippen LogP contribution in [0, 0.1) is 5.92 Å². The molecule has 0 aliphatic heterocycles. The molecule has 114 valence electrons. The van der Waals surface area contributed by atoms with Gasteiger partial charge in [0.1, 0.15) is 6.10 Å². The first-order valence-corrected chi connectivity index (χ1v) is 6.77. The maximum absolute atomic E-state index is 12.6. The van der Waals surface area contributed by atoms with E-state index < -0.39 is 17.8 Å². The molecule has 0 aliphatic rings. The van der Waals surface area contributed by atoms with Crippen molar-refractivity contribution in [2.24, 2.45) is 5.92 Å². The smallest absolute Gasteiger partial charge is 0.386 e. The molecule has 0 radical (unpaired) electrons. The van der Waals surface area contributed by atoms with E-state index in [1.807, 2.05) is 6.92 Å². The van der Waals surface area contributed by atoms with Gasteiger partial charge in [0, 0.05) is 6.61 Å². The van der Waals surface area contributed by atoms with Crippen molar-refractivity contribution in [2.45, 2.75) is 39.0 Å². The Labute approximate surface area is 117 Å². The zero-order valence-electron chi connectivity index (χ0n) is 11.8. The van der Waals surface area contributed by atoms with E-state index in [2.05, 4.69) is 6.92 Å². The first-order valence-electron chi connectivity index (χ1n) is 6.77. The molecule has 0 amide bonds. The fourth-order valence-corrected chi connectivity index (χ4v) is 1.98. The van der Waals surface area contributed by atoms with E-state index >= 15 is 0 Å². The van der Waals surface area contributed by atoms with Crippen molar-refractivity contribution in [2.75, 3.05) is 13.2 Å². The molecule has 0 fully saturated rings. The van der Waals surface area contributed by atoms with Gasteiger partial charge >= 0.3 is 6.18 Å². The number of aliphatic hydroxyl groups excluding tert-OH is 1. The SMILES string of the molecule is CCCC(C)COCC(O)c1cccc(C(F)(F)F)c1. The van der Waals surface area contributed by atoms with Crippen molar-refractivity contribution in [3.05, 3.63) is 35.4 Å². The molecule has 1 aromatic carbocycles. The summed E-state index contributed by atoms with van der Waals surface area (Å²) in [4.78, 5) is 0. The second-order valence-electron chi connectivity index (χ2n) is 5.07. The van der Waals surface area contributed by atoms with Crippen LogP contribution in [-0.2, 0) is 10.9 Å². The fourth-order valence-electron chi connectivity index (χ4n) is 1.98. The first-order chi connectivity index (χ1) is 9.34. The Balaban J connectivity index is 2.53. The zero-order valence-corrected chi connectivity index (χ0v) is 11.8. The average Bonchev–Trinajstić information content (AvgIpc) is 2.38. The van der Waals surface area contributed by atoms with Crippen molar-refractivity contribution in [3.63, 3.8) is 0 Å². The average molecular weight is 290 g/mol. The summed E-state index contributed by atoms with van der Waals surface area (Å²) >= 11 is 0. The standard InChI is InChI=1S/C15H21F3O2/c1-3-5-11(2)9-20-10-14(19)12-6-4-7-13(8-12)15(16,17)18/h4,6-8,11,14,19H,3,5,9-10H2,1-2H3. The summed E-state index contributed by atoms with van der Waals surface area (Å²) in [5.41, 5.74) is -0.531. The number of hydrogen-bond donors (Lipinski definition) is 1. The molecule has 0 heterocycles. The lowest BCUT2D eigenvalue weighted by Gasteiger charge is -2.16. The highest BCUT2D eigenvalue weighted by atomic mass is 19.4. The molecule has 0 bridgehead atoms. The van der Waals surface area contributed by atoms with Gasteiger partial charge in [0.25, 0.3) is 0 Å². The lowest BCUT2D eigenvalue weighted by atomic mass is 10.1. The summed E-state index contributed by atoms with van der Waals surface area (Å²) in [5, 5.41) is 9.86. The van der Waals surface area contributed by atoms with Crippen LogP contribution in [0.2, 0.25) is 0 Å². The summed E-state index contributed by atoms with van der Waals surface area (Å²) in [7, 11) is 0. The number of halogens is 3. The Morgan fingerprint density at radius 2 is 1.95 bits per heavy atom. The molecule has 1 N–H and O–H groups in total. The quantitative estimate of drug-likeness (QED) is 0.816. The van der Waals surface area contributed by atoms with Crippen molar-refractivity contribution in [1.82, 2.24) is 0 Å². The molecule has 0 spiro atoms. The normalized spacial score (nSPS) is 15.1. The monoisotopic (exact) mass is 290 g/mol. The highest BCUT2D eigenvalue weighted by Crippen LogP contribution is 2.30. The number of alkyl halides is 3. The molecular weight excluding hydrogens is 269 g/mol. The Hall–Kier alpha value is -1.07. The van der Waals surface area contributed by atoms with Gasteiger partial charge in [-0.05, 0) is 30.0 Å². The molecule has 1 rings (SSSR count). The number of hydrogen-bond acceptors (Lipinski definition) is 2. The molecule has 1 aromatic rings. The molecule has 0 saturated carbocycles. The first kappa shape index (κ1) is 17.0. The van der Waals surface area contributed by atoms with Crippen LogP contribution < -0.4 is 0 Å². The van der Waals surface area contributed by atoms with Gasteiger partial charge in [-0.25, -0.2) is 0 Å². The van der Waals surface area contributed by atoms with Crippen LogP contribution in [0.5, 0.6) is 0 Å². The van der Waals surface area contributed by atoms with Crippen molar-refractivity contribution < 1.29 is 23.0 Å². The van der Waals surface area contributed by atoms with E-state index in [0.29, 0.717) is 12.5 Å². The topological polar surface area (TPSA) is 29.5 Å². The highest BCUT2D eigenvalue weighted by Gasteiger charge is 2.30. The molecule has 20 heavy (non-hydrogen) atoms. The van der Waals surface area contributed by atoms with Crippen LogP contribution in [0.15, 0.2) is 24.3 Å². The summed E-state index contributed by atoms with van der Waals surface area (Å²) in [6.45, 7) is 4.63. The van der Waals surface area contributed by atoms with Gasteiger partial charge in [-0.3, -0.25) is 0 Å². The number of benzene rings is 1.